The molecule has 0 spiro atoms. The van der Waals surface area contributed by atoms with E-state index < -0.39 is 17.2 Å². The third-order valence-electron chi connectivity index (χ3n) is 5.15. The maximum absolute atomic E-state index is 13.1. The summed E-state index contributed by atoms with van der Waals surface area (Å²) in [6.07, 6.45) is 3.59. The number of ether oxygens (including phenoxy) is 1. The molecular formula is C21H23N5O4S2. The van der Waals surface area contributed by atoms with Gasteiger partial charge < -0.3 is 9.30 Å². The zero-order valence-corrected chi connectivity index (χ0v) is 20.0. The Hall–Kier alpha value is -2.92. The number of carbonyl (C=O) groups excluding carboxylic acids is 1. The first-order valence-electron chi connectivity index (χ1n) is 9.97. The lowest BCUT2D eigenvalue weighted by molar-refractivity contribution is 0.0602. The average Bonchev–Trinajstić information content (AvgIpc) is 3.33. The second-order valence-corrected chi connectivity index (χ2v) is 9.61. The molecule has 32 heavy (non-hydrogen) atoms. The number of nitrogens with zero attached hydrogens (tertiary/aromatic N) is 5. The molecule has 4 aromatic heterocycles. The Bertz CT molecular complexity index is 1460. The van der Waals surface area contributed by atoms with E-state index in [1.54, 1.807) is 10.8 Å². The Morgan fingerprint density at radius 3 is 2.69 bits per heavy atom. The van der Waals surface area contributed by atoms with Gasteiger partial charge >= 0.3 is 11.7 Å². The zero-order valence-electron chi connectivity index (χ0n) is 18.4. The van der Waals surface area contributed by atoms with Crippen LogP contribution in [0.4, 0.5) is 0 Å². The first kappa shape index (κ1) is 22.3. The van der Waals surface area contributed by atoms with Gasteiger partial charge in [0.25, 0.3) is 5.56 Å². The van der Waals surface area contributed by atoms with Gasteiger partial charge in [-0.25, -0.2) is 19.6 Å². The predicted molar refractivity (Wildman–Crippen MR) is 126 cm³/mol. The maximum atomic E-state index is 13.1. The fraction of sp³-hybridized carbons (Fsp3) is 0.381. The number of fused-ring (bicyclic) bond motifs is 2. The molecule has 0 atom stereocenters. The van der Waals surface area contributed by atoms with Crippen LogP contribution in [0.1, 0.15) is 29.1 Å². The summed E-state index contributed by atoms with van der Waals surface area (Å²) in [6, 6.07) is 3.74. The lowest BCUT2D eigenvalue weighted by Gasteiger charge is -2.11. The van der Waals surface area contributed by atoms with Crippen molar-refractivity contribution in [2.75, 3.05) is 13.4 Å². The van der Waals surface area contributed by atoms with Crippen LogP contribution in [-0.2, 0) is 24.9 Å². The number of imidazole rings is 1. The van der Waals surface area contributed by atoms with Crippen molar-refractivity contribution in [2.24, 2.45) is 13.0 Å². The third-order valence-corrected chi connectivity index (χ3v) is 7.03. The molecule has 0 unspecified atom stereocenters. The van der Waals surface area contributed by atoms with Crippen LogP contribution in [0.2, 0.25) is 0 Å². The van der Waals surface area contributed by atoms with Crippen LogP contribution >= 0.6 is 23.1 Å². The van der Waals surface area contributed by atoms with Crippen molar-refractivity contribution in [1.82, 2.24) is 23.7 Å². The molecule has 9 nitrogen and oxygen atoms in total. The Morgan fingerprint density at radius 2 is 2.03 bits per heavy atom. The summed E-state index contributed by atoms with van der Waals surface area (Å²) in [4.78, 5) is 48.8. The molecule has 0 aliphatic carbocycles. The second kappa shape index (κ2) is 8.55. The Balaban J connectivity index is 2.04. The van der Waals surface area contributed by atoms with Crippen molar-refractivity contribution in [2.45, 2.75) is 32.1 Å². The average molecular weight is 474 g/mol. The molecule has 0 aromatic carbocycles. The Kier molecular flexibility index (Phi) is 5.95. The van der Waals surface area contributed by atoms with Gasteiger partial charge in [0.1, 0.15) is 4.83 Å². The molecule has 4 rings (SSSR count). The molecule has 0 saturated carbocycles. The molecule has 0 aliphatic heterocycles. The van der Waals surface area contributed by atoms with Crippen molar-refractivity contribution in [3.63, 3.8) is 0 Å². The Labute approximate surface area is 191 Å². The van der Waals surface area contributed by atoms with E-state index in [4.69, 9.17) is 4.74 Å². The Morgan fingerprint density at radius 1 is 1.28 bits per heavy atom. The summed E-state index contributed by atoms with van der Waals surface area (Å²) < 4.78 is 9.63. The van der Waals surface area contributed by atoms with Gasteiger partial charge in [0.2, 0.25) is 0 Å². The lowest BCUT2D eigenvalue weighted by atomic mass is 10.1. The first-order chi connectivity index (χ1) is 15.3. The number of rotatable bonds is 6. The quantitative estimate of drug-likeness (QED) is 0.313. The molecule has 0 N–H and O–H groups in total. The van der Waals surface area contributed by atoms with Crippen molar-refractivity contribution >= 4 is 50.4 Å². The summed E-state index contributed by atoms with van der Waals surface area (Å²) in [5.74, 6) is -0.432. The maximum Gasteiger partial charge on any atom is 0.339 e. The molecule has 11 heteroatoms. The van der Waals surface area contributed by atoms with Crippen LogP contribution in [0.15, 0.2) is 33.1 Å². The fourth-order valence-electron chi connectivity index (χ4n) is 3.72. The van der Waals surface area contributed by atoms with E-state index in [1.165, 1.54) is 37.3 Å². The van der Waals surface area contributed by atoms with Gasteiger partial charge in [0.15, 0.2) is 10.8 Å². The summed E-state index contributed by atoms with van der Waals surface area (Å²) in [5.41, 5.74) is 0.712. The van der Waals surface area contributed by atoms with Gasteiger partial charge in [0.05, 0.1) is 30.1 Å². The third kappa shape index (κ3) is 3.55. The molecule has 0 fully saturated rings. The molecule has 0 bridgehead atoms. The molecule has 0 aliphatic rings. The first-order valence-corrected chi connectivity index (χ1v) is 12.0. The molecule has 0 amide bonds. The minimum atomic E-state index is -0.605. The van der Waals surface area contributed by atoms with E-state index in [1.807, 2.05) is 36.8 Å². The summed E-state index contributed by atoms with van der Waals surface area (Å²) in [5, 5.41) is 0.951. The van der Waals surface area contributed by atoms with Crippen LogP contribution < -0.4 is 11.2 Å². The molecule has 4 aromatic rings. The minimum absolute atomic E-state index is 0.173. The van der Waals surface area contributed by atoms with Gasteiger partial charge in [-0.15, -0.1) is 11.3 Å². The minimum Gasteiger partial charge on any atom is -0.465 e. The van der Waals surface area contributed by atoms with E-state index in [-0.39, 0.29) is 16.9 Å². The summed E-state index contributed by atoms with van der Waals surface area (Å²) >= 11 is 2.74. The van der Waals surface area contributed by atoms with Crippen LogP contribution in [-0.4, -0.2) is 43.0 Å². The van der Waals surface area contributed by atoms with Crippen LogP contribution in [0, 0.1) is 5.92 Å². The fourth-order valence-corrected chi connectivity index (χ4v) is 5.55. The molecular weight excluding hydrogens is 450 g/mol. The van der Waals surface area contributed by atoms with E-state index in [0.717, 1.165) is 15.2 Å². The van der Waals surface area contributed by atoms with Crippen molar-refractivity contribution < 1.29 is 9.53 Å². The number of esters is 1. The summed E-state index contributed by atoms with van der Waals surface area (Å²) in [7, 11) is 2.72. The van der Waals surface area contributed by atoms with Crippen molar-refractivity contribution in [3.8, 4) is 0 Å². The highest BCUT2D eigenvalue weighted by molar-refractivity contribution is 7.98. The van der Waals surface area contributed by atoms with Crippen LogP contribution in [0.25, 0.3) is 21.4 Å². The number of hydrogen-bond donors (Lipinski definition) is 0. The topological polar surface area (TPSA) is 101 Å². The zero-order chi connectivity index (χ0) is 23.2. The predicted octanol–water partition coefficient (Wildman–Crippen LogP) is 2.72. The number of aromatic nitrogens is 5. The normalized spacial score (nSPS) is 11.7. The SMILES string of the molecule is COC(=O)c1c(Cn2c(SC)nc3ncccc32)sc2c1c(=O)n(C)c(=O)n2CC(C)C. The highest BCUT2D eigenvalue weighted by Crippen LogP contribution is 2.32. The highest BCUT2D eigenvalue weighted by atomic mass is 32.2. The van der Waals surface area contributed by atoms with Gasteiger partial charge in [-0.2, -0.15) is 0 Å². The smallest absolute Gasteiger partial charge is 0.339 e. The van der Waals surface area contributed by atoms with E-state index >= 15 is 0 Å². The van der Waals surface area contributed by atoms with Crippen LogP contribution in [0.5, 0.6) is 0 Å². The number of thioether (sulfide) groups is 1. The highest BCUT2D eigenvalue weighted by Gasteiger charge is 2.27. The largest absolute Gasteiger partial charge is 0.465 e. The van der Waals surface area contributed by atoms with Gasteiger partial charge in [-0.05, 0) is 24.3 Å². The number of pyridine rings is 1. The van der Waals surface area contributed by atoms with Gasteiger partial charge in [0, 0.05) is 24.7 Å². The standard InChI is InChI=1S/C21H23N5O4S2/c1-11(2)9-26-18-15(17(27)24(3)21(26)29)14(19(28)30-4)13(32-18)10-25-12-7-6-8-22-16(12)23-20(25)31-5/h6-8,11H,9-10H2,1-5H3. The monoisotopic (exact) mass is 473 g/mol. The van der Waals surface area contributed by atoms with Crippen molar-refractivity contribution in [3.05, 3.63) is 49.6 Å². The second-order valence-electron chi connectivity index (χ2n) is 7.75. The summed E-state index contributed by atoms with van der Waals surface area (Å²) in [6.45, 7) is 4.71. The molecule has 4 heterocycles. The van der Waals surface area contributed by atoms with Gasteiger partial charge in [-0.1, -0.05) is 25.6 Å². The molecule has 168 valence electrons. The number of methoxy groups -OCH3 is 1. The van der Waals surface area contributed by atoms with E-state index in [2.05, 4.69) is 9.97 Å². The van der Waals surface area contributed by atoms with Crippen LogP contribution in [0.3, 0.4) is 0 Å². The number of carbonyl (C=O) groups is 1. The van der Waals surface area contributed by atoms with Crippen molar-refractivity contribution in [1.29, 1.82) is 0 Å². The number of hydrogen-bond acceptors (Lipinski definition) is 8. The lowest BCUT2D eigenvalue weighted by Crippen LogP contribution is -2.38. The molecule has 0 radical (unpaired) electrons. The number of thiophene rings is 1. The van der Waals surface area contributed by atoms with E-state index in [0.29, 0.717) is 28.4 Å². The van der Waals surface area contributed by atoms with E-state index in [9.17, 15) is 14.4 Å². The molecule has 0 saturated heterocycles. The van der Waals surface area contributed by atoms with Gasteiger partial charge in [-0.3, -0.25) is 13.9 Å².